The van der Waals surface area contributed by atoms with Crippen molar-refractivity contribution in [3.63, 3.8) is 0 Å². The van der Waals surface area contributed by atoms with E-state index in [0.717, 1.165) is 22.0 Å². The zero-order valence-corrected chi connectivity index (χ0v) is 25.5. The number of esters is 1. The summed E-state index contributed by atoms with van der Waals surface area (Å²) in [7, 11) is 0. The summed E-state index contributed by atoms with van der Waals surface area (Å²) < 4.78 is 11.0. The molecule has 1 unspecified atom stereocenters. The van der Waals surface area contributed by atoms with Crippen LogP contribution in [-0.2, 0) is 23.9 Å². The maximum Gasteiger partial charge on any atom is 0.408 e. The molecule has 0 radical (unpaired) electrons. The first-order valence-electron chi connectivity index (χ1n) is 14.3. The van der Waals surface area contributed by atoms with Crippen LogP contribution in [-0.4, -0.2) is 64.1 Å². The number of benzene rings is 1. The van der Waals surface area contributed by atoms with E-state index < -0.39 is 53.7 Å². The SMILES string of the molecule is C=Cc1cc2cc([C@@H](C)OC(=O)C3CCCN(C(=O)[C@H](C)NC(=O)[C@@H](NC(=O)OC(C)(C)C)C(C)C)N3)ccc2cn1. The molecule has 0 spiro atoms. The summed E-state index contributed by atoms with van der Waals surface area (Å²) >= 11 is 0. The van der Waals surface area contributed by atoms with E-state index in [0.29, 0.717) is 19.4 Å². The van der Waals surface area contributed by atoms with E-state index in [4.69, 9.17) is 9.47 Å². The predicted octanol–water partition coefficient (Wildman–Crippen LogP) is 4.03. The summed E-state index contributed by atoms with van der Waals surface area (Å²) in [6, 6.07) is 5.17. The summed E-state index contributed by atoms with van der Waals surface area (Å²) in [4.78, 5) is 55.8. The number of nitrogens with zero attached hydrogens (tertiary/aromatic N) is 2. The van der Waals surface area contributed by atoms with Crippen LogP contribution in [0.3, 0.4) is 0 Å². The molecule has 3 N–H and O–H groups in total. The molecule has 11 nitrogen and oxygen atoms in total. The van der Waals surface area contributed by atoms with E-state index in [2.05, 4.69) is 27.6 Å². The van der Waals surface area contributed by atoms with Gasteiger partial charge in [-0.2, -0.15) is 0 Å². The Kier molecular flexibility index (Phi) is 10.7. The Labute approximate surface area is 247 Å². The van der Waals surface area contributed by atoms with E-state index in [-0.39, 0.29) is 5.92 Å². The molecule has 3 amide bonds. The summed E-state index contributed by atoms with van der Waals surface area (Å²) in [6.45, 7) is 16.2. The number of carbonyl (C=O) groups excluding carboxylic acids is 4. The summed E-state index contributed by atoms with van der Waals surface area (Å²) in [6.07, 6.45) is 3.29. The molecule has 1 fully saturated rings. The fraction of sp³-hybridized carbons (Fsp3) is 0.516. The second-order valence-electron chi connectivity index (χ2n) is 11.9. The molecule has 2 aromatic rings. The summed E-state index contributed by atoms with van der Waals surface area (Å²) in [5, 5.41) is 8.54. The molecular weight excluding hydrogens is 538 g/mol. The van der Waals surface area contributed by atoms with Gasteiger partial charge < -0.3 is 20.1 Å². The lowest BCUT2D eigenvalue weighted by molar-refractivity contribution is -0.157. The number of hydrazine groups is 1. The Morgan fingerprint density at radius 1 is 1.10 bits per heavy atom. The largest absolute Gasteiger partial charge is 0.457 e. The van der Waals surface area contributed by atoms with Gasteiger partial charge >= 0.3 is 12.1 Å². The minimum Gasteiger partial charge on any atom is -0.457 e. The van der Waals surface area contributed by atoms with Crippen molar-refractivity contribution in [2.75, 3.05) is 6.54 Å². The molecular formula is C31H43N5O6. The fourth-order valence-electron chi connectivity index (χ4n) is 4.55. The van der Waals surface area contributed by atoms with Crippen LogP contribution in [0.1, 0.15) is 78.7 Å². The van der Waals surface area contributed by atoms with Gasteiger partial charge in [0.15, 0.2) is 0 Å². The highest BCUT2D eigenvalue weighted by atomic mass is 16.6. The van der Waals surface area contributed by atoms with Gasteiger partial charge in [0.1, 0.15) is 29.8 Å². The average Bonchev–Trinajstić information content (AvgIpc) is 2.93. The Morgan fingerprint density at radius 3 is 2.45 bits per heavy atom. The molecule has 2 heterocycles. The molecule has 1 aliphatic rings. The lowest BCUT2D eigenvalue weighted by Crippen LogP contribution is -2.61. The van der Waals surface area contributed by atoms with Gasteiger partial charge in [0.25, 0.3) is 5.91 Å². The van der Waals surface area contributed by atoms with Gasteiger partial charge in [-0.25, -0.2) is 10.2 Å². The topological polar surface area (TPSA) is 139 Å². The molecule has 1 aliphatic heterocycles. The molecule has 0 saturated carbocycles. The molecule has 0 bridgehead atoms. The first kappa shape index (κ1) is 32.5. The van der Waals surface area contributed by atoms with Crippen molar-refractivity contribution in [1.29, 1.82) is 0 Å². The van der Waals surface area contributed by atoms with E-state index in [1.54, 1.807) is 60.7 Å². The molecule has 1 aromatic heterocycles. The Morgan fingerprint density at radius 2 is 1.81 bits per heavy atom. The van der Waals surface area contributed by atoms with E-state index in [9.17, 15) is 19.2 Å². The van der Waals surface area contributed by atoms with Crippen molar-refractivity contribution < 1.29 is 28.7 Å². The number of amides is 3. The van der Waals surface area contributed by atoms with Crippen LogP contribution in [0.25, 0.3) is 16.8 Å². The monoisotopic (exact) mass is 581 g/mol. The maximum absolute atomic E-state index is 13.2. The lowest BCUT2D eigenvalue weighted by Gasteiger charge is -2.35. The van der Waals surface area contributed by atoms with Crippen LogP contribution in [0.4, 0.5) is 4.79 Å². The second-order valence-corrected chi connectivity index (χ2v) is 11.9. The first-order chi connectivity index (χ1) is 19.7. The number of nitrogens with one attached hydrogen (secondary N) is 3. The molecule has 3 rings (SSSR count). The fourth-order valence-corrected chi connectivity index (χ4v) is 4.55. The van der Waals surface area contributed by atoms with E-state index >= 15 is 0 Å². The van der Waals surface area contributed by atoms with Gasteiger partial charge in [-0.1, -0.05) is 32.6 Å². The third-order valence-corrected chi connectivity index (χ3v) is 6.83. The molecule has 11 heteroatoms. The summed E-state index contributed by atoms with van der Waals surface area (Å²) in [5.41, 5.74) is 3.83. The van der Waals surface area contributed by atoms with Gasteiger partial charge in [-0.3, -0.25) is 24.4 Å². The van der Waals surface area contributed by atoms with Gasteiger partial charge in [-0.15, -0.1) is 0 Å². The highest BCUT2D eigenvalue weighted by Gasteiger charge is 2.34. The van der Waals surface area contributed by atoms with Crippen molar-refractivity contribution in [3.8, 4) is 0 Å². The quantitative estimate of drug-likeness (QED) is 0.377. The molecule has 0 aliphatic carbocycles. The van der Waals surface area contributed by atoms with Crippen LogP contribution in [0.15, 0.2) is 37.0 Å². The number of aromatic nitrogens is 1. The predicted molar refractivity (Wildman–Crippen MR) is 160 cm³/mol. The Hall–Kier alpha value is -3.99. The van der Waals surface area contributed by atoms with Crippen molar-refractivity contribution in [3.05, 3.63) is 48.3 Å². The molecule has 1 aromatic carbocycles. The number of hydrogen-bond donors (Lipinski definition) is 3. The highest BCUT2D eigenvalue weighted by Crippen LogP contribution is 2.24. The van der Waals surface area contributed by atoms with Crippen molar-refractivity contribution in [1.82, 2.24) is 26.1 Å². The first-order valence-corrected chi connectivity index (χ1v) is 14.3. The number of rotatable bonds is 9. The Balaban J connectivity index is 1.58. The minimum atomic E-state index is -0.909. The van der Waals surface area contributed by atoms with Gasteiger partial charge in [0, 0.05) is 18.1 Å². The standard InChI is InChI=1S/C31H43N5O6/c1-9-24-16-23-15-21(12-13-22(23)17-32-24)20(5)41-29(39)25-11-10-14-36(35-25)28(38)19(4)33-27(37)26(18(2)3)34-30(40)42-31(6,7)8/h9,12-13,15-20,25-26,35H,1,10-11,14H2,2-8H3,(H,33,37)(H,34,40)/t19-,20+,25?,26-/m0/s1. The van der Waals surface area contributed by atoms with Crippen LogP contribution in [0.5, 0.6) is 0 Å². The van der Waals surface area contributed by atoms with Crippen molar-refractivity contribution >= 4 is 40.7 Å². The average molecular weight is 582 g/mol. The third kappa shape index (κ3) is 8.75. The van der Waals surface area contributed by atoms with Crippen LogP contribution in [0, 0.1) is 5.92 Å². The van der Waals surface area contributed by atoms with E-state index in [1.165, 1.54) is 5.01 Å². The smallest absolute Gasteiger partial charge is 0.408 e. The van der Waals surface area contributed by atoms with Crippen LogP contribution < -0.4 is 16.1 Å². The number of ether oxygens (including phenoxy) is 2. The number of alkyl carbamates (subject to hydrolysis) is 1. The zero-order chi connectivity index (χ0) is 31.2. The number of pyridine rings is 1. The molecule has 42 heavy (non-hydrogen) atoms. The van der Waals surface area contributed by atoms with Crippen LogP contribution >= 0.6 is 0 Å². The Bertz CT molecular complexity index is 1320. The maximum atomic E-state index is 13.2. The van der Waals surface area contributed by atoms with Gasteiger partial charge in [-0.05, 0) is 82.5 Å². The van der Waals surface area contributed by atoms with Crippen molar-refractivity contribution in [2.45, 2.75) is 91.1 Å². The molecule has 4 atom stereocenters. The second kappa shape index (κ2) is 13.8. The number of carbonyl (C=O) groups is 4. The summed E-state index contributed by atoms with van der Waals surface area (Å²) in [5.74, 6) is -1.64. The van der Waals surface area contributed by atoms with E-state index in [1.807, 2.05) is 24.3 Å². The van der Waals surface area contributed by atoms with Crippen LogP contribution in [0.2, 0.25) is 0 Å². The number of fused-ring (bicyclic) bond motifs is 1. The highest BCUT2D eigenvalue weighted by molar-refractivity contribution is 5.91. The number of hydrogen-bond acceptors (Lipinski definition) is 8. The third-order valence-electron chi connectivity index (χ3n) is 6.83. The lowest BCUT2D eigenvalue weighted by atomic mass is 10.0. The van der Waals surface area contributed by atoms with Crippen molar-refractivity contribution in [2.24, 2.45) is 5.92 Å². The molecule has 228 valence electrons. The van der Waals surface area contributed by atoms with Gasteiger partial charge in [0.05, 0.1) is 5.69 Å². The van der Waals surface area contributed by atoms with Gasteiger partial charge in [0.2, 0.25) is 5.91 Å². The minimum absolute atomic E-state index is 0.252. The molecule has 1 saturated heterocycles. The normalized spacial score (nSPS) is 17.6. The zero-order valence-electron chi connectivity index (χ0n) is 25.5.